The van der Waals surface area contributed by atoms with Gasteiger partial charge in [-0.25, -0.2) is 47.5 Å². The Morgan fingerprint density at radius 1 is 0.635 bits per heavy atom. The highest BCUT2D eigenvalue weighted by atomic mass is 35.5. The first-order chi connectivity index (χ1) is 25.2. The molecule has 0 atom stereocenters. The van der Waals surface area contributed by atoms with E-state index in [1.807, 2.05) is 0 Å². The summed E-state index contributed by atoms with van der Waals surface area (Å²) in [6.07, 6.45) is 4.44. The van der Waals surface area contributed by atoms with Gasteiger partial charge >= 0.3 is 0 Å². The first-order valence-electron chi connectivity index (χ1n) is 14.8. The van der Waals surface area contributed by atoms with Gasteiger partial charge < -0.3 is 14.0 Å². The van der Waals surface area contributed by atoms with Crippen LogP contribution in [0.25, 0.3) is 46.3 Å². The van der Waals surface area contributed by atoms with E-state index in [4.69, 9.17) is 20.6 Å². The number of hydrogen-bond acceptors (Lipinski definition) is 12. The molecule has 0 fully saturated rings. The molecule has 52 heavy (non-hydrogen) atoms. The van der Waals surface area contributed by atoms with Crippen LogP contribution >= 0.6 is 11.6 Å². The molecule has 1 N–H and O–H groups in total. The van der Waals surface area contributed by atoms with Crippen LogP contribution in [0.5, 0.6) is 0 Å². The smallest absolute Gasteiger partial charge is 0.287 e. The predicted octanol–water partition coefficient (Wildman–Crippen LogP) is 5.38. The van der Waals surface area contributed by atoms with Crippen LogP contribution in [0.1, 0.15) is 11.1 Å². The fraction of sp³-hybridized carbons (Fsp3) is 0.0625. The molecule has 6 aromatic heterocycles. The molecule has 0 amide bonds. The highest BCUT2D eigenvalue weighted by Gasteiger charge is 2.21. The van der Waals surface area contributed by atoms with Gasteiger partial charge in [-0.05, 0) is 12.1 Å². The van der Waals surface area contributed by atoms with E-state index in [2.05, 4.69) is 50.4 Å². The Hall–Kier alpha value is -6.89. The van der Waals surface area contributed by atoms with Gasteiger partial charge in [0, 0.05) is 23.3 Å². The molecule has 15 nitrogen and oxygen atoms in total. The molecule has 20 heteroatoms. The monoisotopic (exact) mass is 730 g/mol. The third-order valence-corrected chi connectivity index (χ3v) is 7.37. The number of rotatable bonds is 8. The molecule has 6 heterocycles. The number of hydrogen-bond donors (Lipinski definition) is 1. The fourth-order valence-corrected chi connectivity index (χ4v) is 4.79. The first-order valence-corrected chi connectivity index (χ1v) is 15.2. The minimum atomic E-state index is -1.02. The summed E-state index contributed by atoms with van der Waals surface area (Å²) in [4.78, 5) is 33.8. The van der Waals surface area contributed by atoms with Gasteiger partial charge in [0.05, 0.1) is 25.5 Å². The summed E-state index contributed by atoms with van der Waals surface area (Å²) in [5.41, 5.74) is 0.613. The summed E-state index contributed by atoms with van der Waals surface area (Å²) in [6, 6.07) is 15.7. The zero-order chi connectivity index (χ0) is 36.2. The average molecular weight is 731 g/mol. The number of nitrogens with zero attached hydrogens (tertiary/aromatic N) is 11. The van der Waals surface area contributed by atoms with Crippen molar-refractivity contribution in [3.05, 3.63) is 135 Å². The molecule has 0 aliphatic rings. The van der Waals surface area contributed by atoms with Crippen LogP contribution in [-0.2, 0) is 13.1 Å². The Morgan fingerprint density at radius 2 is 1.17 bits per heavy atom. The highest BCUT2D eigenvalue weighted by Crippen LogP contribution is 2.23. The van der Waals surface area contributed by atoms with Crippen molar-refractivity contribution in [1.82, 2.24) is 59.8 Å². The van der Waals surface area contributed by atoms with Crippen LogP contribution in [0.4, 0.5) is 17.6 Å². The zero-order valence-electron chi connectivity index (χ0n) is 26.0. The van der Waals surface area contributed by atoms with Crippen LogP contribution < -0.4 is 5.56 Å². The van der Waals surface area contributed by atoms with E-state index in [0.717, 1.165) is 12.4 Å². The van der Waals surface area contributed by atoms with Crippen molar-refractivity contribution in [2.75, 3.05) is 0 Å². The minimum Gasteiger partial charge on any atom is -0.364 e. The molecule has 8 rings (SSSR count). The standard InChI is InChI=1S/C16H9ClF2N6O.C16H10F2N6O2/c17-13-11(19)7-20-14(21-13)15-22-16(12-5-6-26-24-12)25(23-15)8-9-3-1-2-4-10(9)18;17-10-4-2-1-3-9(10)8-24-15(12-5-6-26-23-12)20-14(22-24)13-19-7-11(18)16(25)21-13/h1-7H,8H2;1-7H,8H2,(H,19,21,25). The van der Waals surface area contributed by atoms with Gasteiger partial charge in [0.2, 0.25) is 23.3 Å². The van der Waals surface area contributed by atoms with Crippen molar-refractivity contribution < 1.29 is 26.6 Å². The van der Waals surface area contributed by atoms with Crippen molar-refractivity contribution in [2.45, 2.75) is 13.1 Å². The third kappa shape index (κ3) is 7.19. The average Bonchev–Trinajstić information content (AvgIpc) is 3.97. The maximum absolute atomic E-state index is 14.0. The predicted molar refractivity (Wildman–Crippen MR) is 172 cm³/mol. The summed E-state index contributed by atoms with van der Waals surface area (Å²) in [5.74, 6) is -1.79. The Bertz CT molecular complexity index is 2540. The number of nitrogens with one attached hydrogen (secondary N) is 1. The Morgan fingerprint density at radius 3 is 1.69 bits per heavy atom. The summed E-state index contributed by atoms with van der Waals surface area (Å²) in [5, 5.41) is 15.8. The normalized spacial score (nSPS) is 11.0. The molecule has 8 aromatic rings. The van der Waals surface area contributed by atoms with Crippen molar-refractivity contribution in [2.24, 2.45) is 0 Å². The lowest BCUT2D eigenvalue weighted by molar-refractivity contribution is 0.421. The summed E-state index contributed by atoms with van der Waals surface area (Å²) < 4.78 is 66.9. The van der Waals surface area contributed by atoms with Crippen molar-refractivity contribution in [1.29, 1.82) is 0 Å². The van der Waals surface area contributed by atoms with Gasteiger partial charge in [0.1, 0.15) is 24.2 Å². The van der Waals surface area contributed by atoms with Gasteiger partial charge in [-0.3, -0.25) is 4.79 Å². The Labute approximate surface area is 292 Å². The molecule has 0 saturated carbocycles. The van der Waals surface area contributed by atoms with E-state index in [0.29, 0.717) is 28.3 Å². The van der Waals surface area contributed by atoms with E-state index in [9.17, 15) is 22.4 Å². The van der Waals surface area contributed by atoms with Crippen LogP contribution in [0.3, 0.4) is 0 Å². The number of H-pyrrole nitrogens is 1. The second-order valence-corrected chi connectivity index (χ2v) is 10.9. The first kappa shape index (κ1) is 33.6. The number of halogens is 5. The van der Waals surface area contributed by atoms with E-state index in [1.165, 1.54) is 34.0 Å². The molecular weight excluding hydrogens is 712 g/mol. The van der Waals surface area contributed by atoms with Crippen LogP contribution in [0.2, 0.25) is 5.15 Å². The second-order valence-electron chi connectivity index (χ2n) is 10.5. The largest absolute Gasteiger partial charge is 0.364 e. The molecule has 0 unspecified atom stereocenters. The molecule has 2 aromatic carbocycles. The topological polar surface area (TPSA) is 185 Å². The Kier molecular flexibility index (Phi) is 9.39. The second kappa shape index (κ2) is 14.5. The third-order valence-electron chi connectivity index (χ3n) is 7.10. The minimum absolute atomic E-state index is 0.0200. The zero-order valence-corrected chi connectivity index (χ0v) is 26.8. The van der Waals surface area contributed by atoms with Gasteiger partial charge in [-0.2, -0.15) is 4.39 Å². The van der Waals surface area contributed by atoms with Gasteiger partial charge in [0.15, 0.2) is 39.8 Å². The lowest BCUT2D eigenvalue weighted by Crippen LogP contribution is -2.13. The number of benzene rings is 2. The Balaban J connectivity index is 0.000000162. The molecule has 0 aliphatic heterocycles. The quantitative estimate of drug-likeness (QED) is 0.156. The van der Waals surface area contributed by atoms with Gasteiger partial charge in [-0.15, -0.1) is 10.2 Å². The fourth-order valence-electron chi connectivity index (χ4n) is 4.66. The summed E-state index contributed by atoms with van der Waals surface area (Å²) in [6.45, 7) is 0.157. The molecule has 0 radical (unpaired) electrons. The SMILES string of the molecule is Fc1ccccc1Cn1nc(-c2ncc(F)c(Cl)n2)nc1-c1ccon1.O=c1[nH]c(-c2nc(-c3ccon3)n(Cc3ccccc3F)n2)ncc1F. The number of aromatic nitrogens is 12. The molecular formula is C32H19ClF4N12O3. The summed E-state index contributed by atoms with van der Waals surface area (Å²) in [7, 11) is 0. The molecule has 260 valence electrons. The lowest BCUT2D eigenvalue weighted by atomic mass is 10.2. The van der Waals surface area contributed by atoms with E-state index >= 15 is 0 Å². The van der Waals surface area contributed by atoms with Crippen molar-refractivity contribution in [3.63, 3.8) is 0 Å². The maximum atomic E-state index is 14.0. The van der Waals surface area contributed by atoms with E-state index < -0.39 is 23.0 Å². The molecule has 0 aliphatic carbocycles. The van der Waals surface area contributed by atoms with Crippen LogP contribution in [0, 0.1) is 23.3 Å². The van der Waals surface area contributed by atoms with Crippen LogP contribution in [-0.4, -0.2) is 59.8 Å². The van der Waals surface area contributed by atoms with E-state index in [-0.39, 0.29) is 53.2 Å². The molecule has 0 spiro atoms. The van der Waals surface area contributed by atoms with Gasteiger partial charge in [-0.1, -0.05) is 58.3 Å². The highest BCUT2D eigenvalue weighted by molar-refractivity contribution is 6.29. The molecule has 0 saturated heterocycles. The van der Waals surface area contributed by atoms with Crippen molar-refractivity contribution >= 4 is 11.6 Å². The number of aromatic amines is 1. The lowest BCUT2D eigenvalue weighted by Gasteiger charge is -2.05. The van der Waals surface area contributed by atoms with Crippen molar-refractivity contribution in [3.8, 4) is 46.3 Å². The molecule has 0 bridgehead atoms. The van der Waals surface area contributed by atoms with E-state index in [1.54, 1.807) is 48.5 Å². The van der Waals surface area contributed by atoms with Gasteiger partial charge in [0.25, 0.3) is 5.56 Å². The maximum Gasteiger partial charge on any atom is 0.287 e. The summed E-state index contributed by atoms with van der Waals surface area (Å²) >= 11 is 5.70. The van der Waals surface area contributed by atoms with Crippen LogP contribution in [0.15, 0.2) is 99.4 Å².